The third kappa shape index (κ3) is 4.43. The molecule has 30 heavy (non-hydrogen) atoms. The van der Waals surface area contributed by atoms with Gasteiger partial charge in [0.15, 0.2) is 0 Å². The standard InChI is InChI=1S/C24H23FN2O3/c25-21-10-5-4-9-20(21)23(28)26-15-12-19(13-16-26)30-24(29)22-11-6-14-27(22)17-18-7-2-1-3-8-18/h1-11,14,19H,12-13,15-17H2. The Kier molecular flexibility index (Phi) is 5.93. The molecule has 0 radical (unpaired) electrons. The van der Waals surface area contributed by atoms with Crippen molar-refractivity contribution in [2.45, 2.75) is 25.5 Å². The number of hydrogen-bond donors (Lipinski definition) is 0. The van der Waals surface area contributed by atoms with Crippen LogP contribution in [0.1, 0.15) is 39.3 Å². The predicted molar refractivity (Wildman–Crippen MR) is 111 cm³/mol. The van der Waals surface area contributed by atoms with Gasteiger partial charge in [-0.25, -0.2) is 9.18 Å². The molecular weight excluding hydrogens is 383 g/mol. The molecular formula is C24H23FN2O3. The van der Waals surface area contributed by atoms with E-state index in [9.17, 15) is 14.0 Å². The highest BCUT2D eigenvalue weighted by molar-refractivity contribution is 5.94. The van der Waals surface area contributed by atoms with Crippen molar-refractivity contribution < 1.29 is 18.7 Å². The van der Waals surface area contributed by atoms with E-state index in [2.05, 4.69) is 0 Å². The van der Waals surface area contributed by atoms with Gasteiger partial charge < -0.3 is 14.2 Å². The van der Waals surface area contributed by atoms with Crippen molar-refractivity contribution in [2.75, 3.05) is 13.1 Å². The van der Waals surface area contributed by atoms with E-state index in [1.165, 1.54) is 12.1 Å². The van der Waals surface area contributed by atoms with Crippen LogP contribution >= 0.6 is 0 Å². The summed E-state index contributed by atoms with van der Waals surface area (Å²) < 4.78 is 21.4. The summed E-state index contributed by atoms with van der Waals surface area (Å²) in [4.78, 5) is 26.8. The number of likely N-dealkylation sites (tertiary alicyclic amines) is 1. The first-order valence-electron chi connectivity index (χ1n) is 10.1. The highest BCUT2D eigenvalue weighted by Crippen LogP contribution is 2.19. The van der Waals surface area contributed by atoms with Crippen LogP contribution < -0.4 is 0 Å². The van der Waals surface area contributed by atoms with E-state index < -0.39 is 5.82 Å². The molecule has 4 rings (SSSR count). The second kappa shape index (κ2) is 8.95. The lowest BCUT2D eigenvalue weighted by Gasteiger charge is -2.31. The summed E-state index contributed by atoms with van der Waals surface area (Å²) in [5.41, 5.74) is 1.68. The van der Waals surface area contributed by atoms with Crippen molar-refractivity contribution in [1.29, 1.82) is 0 Å². The number of aromatic nitrogens is 1. The van der Waals surface area contributed by atoms with Crippen molar-refractivity contribution in [3.05, 3.63) is 95.6 Å². The van der Waals surface area contributed by atoms with Gasteiger partial charge in [0.05, 0.1) is 5.56 Å². The molecule has 2 aromatic carbocycles. The first kappa shape index (κ1) is 19.9. The molecule has 0 N–H and O–H groups in total. The first-order valence-corrected chi connectivity index (χ1v) is 10.1. The smallest absolute Gasteiger partial charge is 0.355 e. The van der Waals surface area contributed by atoms with Crippen LogP contribution in [0.2, 0.25) is 0 Å². The van der Waals surface area contributed by atoms with Gasteiger partial charge in [0.1, 0.15) is 17.6 Å². The van der Waals surface area contributed by atoms with Gasteiger partial charge in [-0.1, -0.05) is 42.5 Å². The zero-order chi connectivity index (χ0) is 20.9. The van der Waals surface area contributed by atoms with Gasteiger partial charge in [-0.05, 0) is 29.8 Å². The van der Waals surface area contributed by atoms with Crippen LogP contribution in [0.25, 0.3) is 0 Å². The number of benzene rings is 2. The number of piperidine rings is 1. The fraction of sp³-hybridized carbons (Fsp3) is 0.250. The van der Waals surface area contributed by atoms with Gasteiger partial charge in [0, 0.05) is 38.7 Å². The van der Waals surface area contributed by atoms with Gasteiger partial charge in [-0.2, -0.15) is 0 Å². The quantitative estimate of drug-likeness (QED) is 0.599. The van der Waals surface area contributed by atoms with Gasteiger partial charge in [0.2, 0.25) is 0 Å². The molecule has 0 aliphatic carbocycles. The minimum absolute atomic E-state index is 0.0756. The fourth-order valence-corrected chi connectivity index (χ4v) is 3.71. The largest absolute Gasteiger partial charge is 0.458 e. The van der Waals surface area contributed by atoms with Crippen LogP contribution in [0.5, 0.6) is 0 Å². The fourth-order valence-electron chi connectivity index (χ4n) is 3.71. The molecule has 3 aromatic rings. The number of carbonyl (C=O) groups excluding carboxylic acids is 2. The third-order valence-electron chi connectivity index (χ3n) is 5.34. The van der Waals surface area contributed by atoms with Crippen molar-refractivity contribution in [3.63, 3.8) is 0 Å². The van der Waals surface area contributed by atoms with Gasteiger partial charge >= 0.3 is 5.97 Å². The second-order valence-electron chi connectivity index (χ2n) is 7.38. The van der Waals surface area contributed by atoms with Gasteiger partial charge in [0.25, 0.3) is 5.91 Å². The summed E-state index contributed by atoms with van der Waals surface area (Å²) in [5, 5.41) is 0. The molecule has 1 aliphatic heterocycles. The summed E-state index contributed by atoms with van der Waals surface area (Å²) in [6.07, 6.45) is 2.66. The minimum Gasteiger partial charge on any atom is -0.458 e. The van der Waals surface area contributed by atoms with E-state index >= 15 is 0 Å². The van der Waals surface area contributed by atoms with Crippen molar-refractivity contribution in [1.82, 2.24) is 9.47 Å². The maximum absolute atomic E-state index is 13.9. The summed E-state index contributed by atoms with van der Waals surface area (Å²) in [6.45, 7) is 1.44. The molecule has 154 valence electrons. The third-order valence-corrected chi connectivity index (χ3v) is 5.34. The van der Waals surface area contributed by atoms with Gasteiger partial charge in [-0.15, -0.1) is 0 Å². The molecule has 1 saturated heterocycles. The molecule has 0 atom stereocenters. The molecule has 5 nitrogen and oxygen atoms in total. The van der Waals surface area contributed by atoms with Crippen LogP contribution in [0.15, 0.2) is 72.9 Å². The van der Waals surface area contributed by atoms with Crippen molar-refractivity contribution in [2.24, 2.45) is 0 Å². The van der Waals surface area contributed by atoms with E-state index in [1.54, 1.807) is 23.1 Å². The number of carbonyl (C=O) groups is 2. The predicted octanol–water partition coefficient (Wildman–Crippen LogP) is 4.14. The van der Waals surface area contributed by atoms with Crippen molar-refractivity contribution >= 4 is 11.9 Å². The van der Waals surface area contributed by atoms with Crippen molar-refractivity contribution in [3.8, 4) is 0 Å². The van der Waals surface area contributed by atoms with E-state index in [0.717, 1.165) is 5.56 Å². The highest BCUT2D eigenvalue weighted by atomic mass is 19.1. The van der Waals surface area contributed by atoms with Crippen LogP contribution in [-0.2, 0) is 11.3 Å². The zero-order valence-corrected chi connectivity index (χ0v) is 16.5. The Morgan fingerprint density at radius 1 is 0.933 bits per heavy atom. The molecule has 0 spiro atoms. The average molecular weight is 406 g/mol. The Bertz CT molecular complexity index is 1020. The van der Waals surface area contributed by atoms with E-state index in [-0.39, 0.29) is 23.5 Å². The molecule has 0 bridgehead atoms. The minimum atomic E-state index is -0.518. The molecule has 0 saturated carbocycles. The lowest BCUT2D eigenvalue weighted by molar-refractivity contribution is 0.0110. The summed E-state index contributed by atoms with van der Waals surface area (Å²) in [6, 6.07) is 19.5. The second-order valence-corrected chi connectivity index (χ2v) is 7.38. The Labute approximate surface area is 174 Å². The number of amides is 1. The number of nitrogens with zero attached hydrogens (tertiary/aromatic N) is 2. The topological polar surface area (TPSA) is 51.5 Å². The van der Waals surface area contributed by atoms with E-state index in [0.29, 0.717) is 38.2 Å². The monoisotopic (exact) mass is 406 g/mol. The molecule has 0 unspecified atom stereocenters. The Morgan fingerprint density at radius 3 is 2.37 bits per heavy atom. The number of ether oxygens (including phenoxy) is 1. The number of rotatable bonds is 5. The normalized spacial score (nSPS) is 14.5. The molecule has 6 heteroatoms. The Morgan fingerprint density at radius 2 is 1.63 bits per heavy atom. The molecule has 1 amide bonds. The number of halogens is 1. The van der Waals surface area contributed by atoms with Crippen LogP contribution in [0, 0.1) is 5.82 Å². The lowest BCUT2D eigenvalue weighted by atomic mass is 10.1. The molecule has 1 aromatic heterocycles. The SMILES string of the molecule is O=C(OC1CCN(C(=O)c2ccccc2F)CC1)c1cccn1Cc1ccccc1. The molecule has 2 heterocycles. The number of hydrogen-bond acceptors (Lipinski definition) is 3. The summed E-state index contributed by atoms with van der Waals surface area (Å²) in [5.74, 6) is -1.21. The Hall–Kier alpha value is -3.41. The van der Waals surface area contributed by atoms with Crippen LogP contribution in [0.3, 0.4) is 0 Å². The maximum Gasteiger partial charge on any atom is 0.355 e. The summed E-state index contributed by atoms with van der Waals surface area (Å²) in [7, 11) is 0. The molecule has 1 aliphatic rings. The number of esters is 1. The lowest BCUT2D eigenvalue weighted by Crippen LogP contribution is -2.41. The van der Waals surface area contributed by atoms with E-state index in [4.69, 9.17) is 4.74 Å². The zero-order valence-electron chi connectivity index (χ0n) is 16.5. The molecule has 1 fully saturated rings. The first-order chi connectivity index (χ1) is 14.6. The van der Waals surface area contributed by atoms with Crippen LogP contribution in [-0.4, -0.2) is 40.5 Å². The summed E-state index contributed by atoms with van der Waals surface area (Å²) >= 11 is 0. The Balaban J connectivity index is 1.34. The maximum atomic E-state index is 13.9. The van der Waals surface area contributed by atoms with Crippen LogP contribution in [0.4, 0.5) is 4.39 Å². The highest BCUT2D eigenvalue weighted by Gasteiger charge is 2.28. The van der Waals surface area contributed by atoms with E-state index in [1.807, 2.05) is 47.2 Å². The average Bonchev–Trinajstić information content (AvgIpc) is 3.23. The van der Waals surface area contributed by atoms with Gasteiger partial charge in [-0.3, -0.25) is 4.79 Å².